The second kappa shape index (κ2) is 11.1. The van der Waals surface area contributed by atoms with E-state index in [2.05, 4.69) is 69.4 Å². The minimum absolute atomic E-state index is 0. The average Bonchev–Trinajstić information content (AvgIpc) is 3.01. The van der Waals surface area contributed by atoms with Gasteiger partial charge in [-0.1, -0.05) is 66.4 Å². The first-order chi connectivity index (χ1) is 11.3. The molecule has 0 saturated carbocycles. The van der Waals surface area contributed by atoms with E-state index in [0.29, 0.717) is 0 Å². The van der Waals surface area contributed by atoms with Crippen molar-refractivity contribution in [2.75, 3.05) is 12.3 Å². The Labute approximate surface area is 164 Å². The van der Waals surface area contributed by atoms with Gasteiger partial charge < -0.3 is 5.32 Å². The summed E-state index contributed by atoms with van der Waals surface area (Å²) in [5, 5.41) is 15.7. The molecule has 25 heavy (non-hydrogen) atoms. The summed E-state index contributed by atoms with van der Waals surface area (Å²) in [6, 6.07) is 19.1. The van der Waals surface area contributed by atoms with Crippen molar-refractivity contribution in [2.24, 2.45) is 7.05 Å². The molecule has 0 atom stereocenters. The number of hydrogen-bond donors (Lipinski definition) is 1. The van der Waals surface area contributed by atoms with Gasteiger partial charge in [0.05, 0.1) is 0 Å². The lowest BCUT2D eigenvalue weighted by Gasteiger charge is -2.06. The van der Waals surface area contributed by atoms with Crippen LogP contribution in [0.3, 0.4) is 0 Å². The van der Waals surface area contributed by atoms with Crippen LogP contribution in [0.1, 0.15) is 5.56 Å². The Hall–Kier alpha value is -1.60. The molecule has 1 heterocycles. The lowest BCUT2D eigenvalue weighted by atomic mass is 10.0. The largest absolute Gasteiger partial charge is 0.312 e. The highest BCUT2D eigenvalue weighted by Crippen LogP contribution is 2.19. The van der Waals surface area contributed by atoms with Crippen molar-refractivity contribution in [1.29, 1.82) is 0 Å². The number of aromatic nitrogens is 4. The molecular weight excluding hydrogens is 377 g/mol. The van der Waals surface area contributed by atoms with Gasteiger partial charge in [-0.15, -0.1) is 29.9 Å². The monoisotopic (exact) mass is 397 g/mol. The molecule has 2 aromatic carbocycles. The van der Waals surface area contributed by atoms with Crippen molar-refractivity contribution in [1.82, 2.24) is 25.5 Å². The molecule has 0 spiro atoms. The summed E-state index contributed by atoms with van der Waals surface area (Å²) in [7, 11) is 1.85. The Morgan fingerprint density at radius 3 is 2.28 bits per heavy atom. The van der Waals surface area contributed by atoms with E-state index in [9.17, 15) is 0 Å². The molecule has 0 aliphatic heterocycles. The summed E-state index contributed by atoms with van der Waals surface area (Å²) < 4.78 is 1.69. The molecule has 1 aromatic heterocycles. The molecule has 0 saturated heterocycles. The van der Waals surface area contributed by atoms with E-state index in [1.54, 1.807) is 16.4 Å². The van der Waals surface area contributed by atoms with Crippen molar-refractivity contribution in [3.63, 3.8) is 0 Å². The lowest BCUT2D eigenvalue weighted by molar-refractivity contribution is 0.663. The summed E-state index contributed by atoms with van der Waals surface area (Å²) in [6.07, 6.45) is 0. The van der Waals surface area contributed by atoms with Gasteiger partial charge in [0.15, 0.2) is 0 Å². The minimum atomic E-state index is 0. The fourth-order valence-corrected chi connectivity index (χ4v) is 2.98. The fourth-order valence-electron chi connectivity index (χ4n) is 2.24. The van der Waals surface area contributed by atoms with E-state index in [1.165, 1.54) is 16.7 Å². The number of halogens is 2. The maximum absolute atomic E-state index is 3.95. The summed E-state index contributed by atoms with van der Waals surface area (Å²) >= 11 is 1.65. The lowest BCUT2D eigenvalue weighted by Crippen LogP contribution is -2.16. The van der Waals surface area contributed by atoms with E-state index >= 15 is 0 Å². The molecule has 1 N–H and O–H groups in total. The predicted molar refractivity (Wildman–Crippen MR) is 108 cm³/mol. The first-order valence-corrected chi connectivity index (χ1v) is 8.52. The molecule has 134 valence electrons. The third-order valence-electron chi connectivity index (χ3n) is 3.48. The van der Waals surface area contributed by atoms with Crippen LogP contribution in [0.2, 0.25) is 0 Å². The van der Waals surface area contributed by atoms with E-state index < -0.39 is 0 Å². The number of tetrazole rings is 1. The number of nitrogens with one attached hydrogen (secondary N) is 1. The second-order valence-electron chi connectivity index (χ2n) is 5.17. The van der Waals surface area contributed by atoms with Gasteiger partial charge in [0, 0.05) is 25.9 Å². The summed E-state index contributed by atoms with van der Waals surface area (Å²) in [5.74, 6) is 0.941. The van der Waals surface area contributed by atoms with Gasteiger partial charge in [-0.25, -0.2) is 4.68 Å². The quantitative estimate of drug-likeness (QED) is 0.487. The van der Waals surface area contributed by atoms with Gasteiger partial charge in [-0.2, -0.15) is 0 Å². The van der Waals surface area contributed by atoms with Crippen LogP contribution >= 0.6 is 36.6 Å². The van der Waals surface area contributed by atoms with Gasteiger partial charge in [0.2, 0.25) is 5.16 Å². The van der Waals surface area contributed by atoms with Crippen LogP contribution in [-0.2, 0) is 13.6 Å². The normalized spacial score (nSPS) is 9.96. The van der Waals surface area contributed by atoms with Gasteiger partial charge in [-0.05, 0) is 27.1 Å². The zero-order valence-electron chi connectivity index (χ0n) is 13.8. The van der Waals surface area contributed by atoms with Gasteiger partial charge in [0.1, 0.15) is 0 Å². The molecule has 0 aliphatic rings. The number of thioether (sulfide) groups is 1. The first-order valence-electron chi connectivity index (χ1n) is 7.53. The highest BCUT2D eigenvalue weighted by Gasteiger charge is 2.02. The zero-order chi connectivity index (χ0) is 15.9. The molecule has 0 bridgehead atoms. The zero-order valence-corrected chi connectivity index (χ0v) is 16.3. The molecule has 3 rings (SSSR count). The van der Waals surface area contributed by atoms with Gasteiger partial charge in [-0.3, -0.25) is 0 Å². The third-order valence-corrected chi connectivity index (χ3v) is 4.49. The van der Waals surface area contributed by atoms with E-state index in [0.717, 1.165) is 24.0 Å². The molecule has 3 aromatic rings. The molecule has 0 unspecified atom stereocenters. The fraction of sp³-hybridized carbons (Fsp3) is 0.235. The van der Waals surface area contributed by atoms with Crippen LogP contribution < -0.4 is 5.32 Å². The predicted octanol–water partition coefficient (Wildman–Crippen LogP) is 3.60. The molecule has 0 aliphatic carbocycles. The SMILES string of the molecule is Cl.Cl.Cn1nnnc1SCCNCc1ccc(-c2ccccc2)cc1. The molecule has 0 amide bonds. The summed E-state index contributed by atoms with van der Waals surface area (Å²) in [6.45, 7) is 1.78. The number of aryl methyl sites for hydroxylation is 1. The highest BCUT2D eigenvalue weighted by molar-refractivity contribution is 7.99. The molecule has 5 nitrogen and oxygen atoms in total. The number of hydrogen-bond acceptors (Lipinski definition) is 5. The minimum Gasteiger partial charge on any atom is -0.312 e. The Morgan fingerprint density at radius 2 is 1.64 bits per heavy atom. The highest BCUT2D eigenvalue weighted by atomic mass is 35.5. The maximum Gasteiger partial charge on any atom is 0.209 e. The standard InChI is InChI=1S/C17H19N5S.2ClH/c1-22-17(19-20-21-22)23-12-11-18-13-14-7-9-16(10-8-14)15-5-3-2-4-6-15;;/h2-10,18H,11-13H2,1H3;2*1H. The van der Waals surface area contributed by atoms with Crippen molar-refractivity contribution in [2.45, 2.75) is 11.7 Å². The summed E-state index contributed by atoms with van der Waals surface area (Å²) in [5.41, 5.74) is 3.79. The van der Waals surface area contributed by atoms with Crippen LogP contribution in [0.4, 0.5) is 0 Å². The van der Waals surface area contributed by atoms with Crippen LogP contribution in [0.15, 0.2) is 59.8 Å². The second-order valence-corrected chi connectivity index (χ2v) is 6.24. The number of nitrogens with zero attached hydrogens (tertiary/aromatic N) is 4. The van der Waals surface area contributed by atoms with Crippen LogP contribution in [0.5, 0.6) is 0 Å². The topological polar surface area (TPSA) is 55.6 Å². The first kappa shape index (κ1) is 21.4. The summed E-state index contributed by atoms with van der Waals surface area (Å²) in [4.78, 5) is 0. The van der Waals surface area contributed by atoms with Crippen LogP contribution in [-0.4, -0.2) is 32.5 Å². The van der Waals surface area contributed by atoms with Crippen molar-refractivity contribution < 1.29 is 0 Å². The Morgan fingerprint density at radius 1 is 0.960 bits per heavy atom. The molecular formula is C17H21Cl2N5S. The smallest absolute Gasteiger partial charge is 0.209 e. The maximum atomic E-state index is 3.95. The van der Waals surface area contributed by atoms with Crippen molar-refractivity contribution in [3.8, 4) is 11.1 Å². The van der Waals surface area contributed by atoms with Crippen molar-refractivity contribution >= 4 is 36.6 Å². The van der Waals surface area contributed by atoms with E-state index in [4.69, 9.17) is 0 Å². The van der Waals surface area contributed by atoms with Gasteiger partial charge in [0.25, 0.3) is 0 Å². The Balaban J connectivity index is 0.00000156. The van der Waals surface area contributed by atoms with Crippen molar-refractivity contribution in [3.05, 3.63) is 60.2 Å². The third kappa shape index (κ3) is 6.32. The average molecular weight is 398 g/mol. The molecule has 0 radical (unpaired) electrons. The Kier molecular flexibility index (Phi) is 9.52. The van der Waals surface area contributed by atoms with Gasteiger partial charge >= 0.3 is 0 Å². The van der Waals surface area contributed by atoms with Crippen LogP contribution in [0, 0.1) is 0 Å². The van der Waals surface area contributed by atoms with E-state index in [1.807, 2.05) is 13.1 Å². The number of benzene rings is 2. The molecule has 0 fully saturated rings. The van der Waals surface area contributed by atoms with Crippen LogP contribution in [0.25, 0.3) is 11.1 Å². The molecule has 8 heteroatoms. The van der Waals surface area contributed by atoms with E-state index in [-0.39, 0.29) is 24.8 Å². The Bertz CT molecular complexity index is 734. The number of rotatable bonds is 7.